The van der Waals surface area contributed by atoms with E-state index < -0.39 is 11.6 Å². The van der Waals surface area contributed by atoms with Gasteiger partial charge in [0.05, 0.1) is 17.4 Å². The van der Waals surface area contributed by atoms with Crippen molar-refractivity contribution in [3.05, 3.63) is 50.9 Å². The Morgan fingerprint density at radius 3 is 2.22 bits per heavy atom. The summed E-state index contributed by atoms with van der Waals surface area (Å²) in [6.07, 6.45) is 2.14. The summed E-state index contributed by atoms with van der Waals surface area (Å²) in [7, 11) is 0. The highest BCUT2D eigenvalue weighted by molar-refractivity contribution is 9.10. The SMILES string of the molecule is Cc1nc(Nc2nc(N3CCC(O)CC3)cc(N3CCC(O)(c4ccc(Br)cc4)CC3)n2)sc1C(=O)O. The van der Waals surface area contributed by atoms with Crippen molar-refractivity contribution in [2.45, 2.75) is 44.3 Å². The first-order valence-corrected chi connectivity index (χ1v) is 13.8. The molecule has 5 rings (SSSR count). The van der Waals surface area contributed by atoms with Crippen molar-refractivity contribution in [3.8, 4) is 0 Å². The normalized spacial score (nSPS) is 18.2. The zero-order valence-electron chi connectivity index (χ0n) is 20.4. The molecule has 0 aliphatic carbocycles. The molecule has 2 saturated heterocycles. The molecule has 12 heteroatoms. The molecule has 0 bridgehead atoms. The Bertz CT molecular complexity index is 1270. The highest BCUT2D eigenvalue weighted by Crippen LogP contribution is 2.36. The maximum atomic E-state index is 11.5. The van der Waals surface area contributed by atoms with Gasteiger partial charge in [-0.3, -0.25) is 5.32 Å². The van der Waals surface area contributed by atoms with E-state index >= 15 is 0 Å². The lowest BCUT2D eigenvalue weighted by atomic mass is 9.84. The van der Waals surface area contributed by atoms with Crippen LogP contribution in [0.15, 0.2) is 34.8 Å². The van der Waals surface area contributed by atoms with E-state index in [9.17, 15) is 20.1 Å². The van der Waals surface area contributed by atoms with E-state index in [0.717, 1.165) is 33.0 Å². The van der Waals surface area contributed by atoms with Gasteiger partial charge in [-0.05, 0) is 50.3 Å². The highest BCUT2D eigenvalue weighted by Gasteiger charge is 2.35. The summed E-state index contributed by atoms with van der Waals surface area (Å²) in [5, 5.41) is 34.2. The van der Waals surface area contributed by atoms with E-state index in [0.29, 0.717) is 68.6 Å². The Kier molecular flexibility index (Phi) is 7.35. The summed E-state index contributed by atoms with van der Waals surface area (Å²) < 4.78 is 0.974. The Labute approximate surface area is 227 Å². The molecule has 2 aliphatic heterocycles. The fraction of sp³-hybridized carbons (Fsp3) is 0.440. The second-order valence-electron chi connectivity index (χ2n) is 9.52. The molecule has 37 heavy (non-hydrogen) atoms. The smallest absolute Gasteiger partial charge is 0.347 e. The van der Waals surface area contributed by atoms with Gasteiger partial charge < -0.3 is 25.1 Å². The monoisotopic (exact) mass is 588 g/mol. The minimum Gasteiger partial charge on any atom is -0.477 e. The van der Waals surface area contributed by atoms with Gasteiger partial charge in [0.2, 0.25) is 5.95 Å². The summed E-state index contributed by atoms with van der Waals surface area (Å²) >= 11 is 4.50. The third-order valence-corrected chi connectivity index (χ3v) is 8.58. The van der Waals surface area contributed by atoms with E-state index in [-0.39, 0.29) is 11.0 Å². The lowest BCUT2D eigenvalue weighted by Crippen LogP contribution is -2.43. The average molecular weight is 590 g/mol. The van der Waals surface area contributed by atoms with E-state index in [2.05, 4.69) is 36.0 Å². The van der Waals surface area contributed by atoms with Crippen molar-refractivity contribution in [2.24, 2.45) is 0 Å². The number of aromatic carboxylic acids is 1. The van der Waals surface area contributed by atoms with Crippen LogP contribution in [0.25, 0.3) is 0 Å². The number of aliphatic hydroxyl groups is 2. The van der Waals surface area contributed by atoms with Crippen LogP contribution in [0.1, 0.15) is 46.6 Å². The zero-order valence-corrected chi connectivity index (χ0v) is 22.8. The van der Waals surface area contributed by atoms with Crippen LogP contribution < -0.4 is 15.1 Å². The van der Waals surface area contributed by atoms with Gasteiger partial charge in [0.1, 0.15) is 16.5 Å². The standard InChI is InChI=1S/C25H29BrN6O4S/c1-15-21(22(34)35)37-24(27-15)30-23-28-19(31-10-6-18(33)7-11-31)14-20(29-23)32-12-8-25(36,9-13-32)16-2-4-17(26)5-3-16/h2-5,14,18,33,36H,6-13H2,1H3,(H,34,35)(H,27,28,29,30). The van der Waals surface area contributed by atoms with Crippen molar-refractivity contribution >= 4 is 56.0 Å². The fourth-order valence-electron chi connectivity index (χ4n) is 4.80. The van der Waals surface area contributed by atoms with Crippen molar-refractivity contribution in [1.29, 1.82) is 0 Å². The van der Waals surface area contributed by atoms with Crippen LogP contribution in [0.4, 0.5) is 22.7 Å². The molecule has 0 unspecified atom stereocenters. The Balaban J connectivity index is 1.40. The predicted molar refractivity (Wildman–Crippen MR) is 146 cm³/mol. The predicted octanol–water partition coefficient (Wildman–Crippen LogP) is 3.89. The Morgan fingerprint density at radius 2 is 1.65 bits per heavy atom. The minimum absolute atomic E-state index is 0.173. The first-order valence-electron chi connectivity index (χ1n) is 12.2. The third kappa shape index (κ3) is 5.71. The van der Waals surface area contributed by atoms with Crippen LogP contribution in [0, 0.1) is 6.92 Å². The van der Waals surface area contributed by atoms with Gasteiger partial charge in [0.15, 0.2) is 5.13 Å². The molecule has 196 valence electrons. The lowest BCUT2D eigenvalue weighted by molar-refractivity contribution is 0.0116. The Morgan fingerprint density at radius 1 is 1.05 bits per heavy atom. The molecule has 4 heterocycles. The van der Waals surface area contributed by atoms with Gasteiger partial charge in [-0.2, -0.15) is 9.97 Å². The van der Waals surface area contributed by atoms with Gasteiger partial charge >= 0.3 is 5.97 Å². The third-order valence-electron chi connectivity index (χ3n) is 6.99. The second kappa shape index (κ2) is 10.5. The van der Waals surface area contributed by atoms with Crippen molar-refractivity contribution in [3.63, 3.8) is 0 Å². The Hall–Kier alpha value is -2.80. The van der Waals surface area contributed by atoms with Gasteiger partial charge in [-0.1, -0.05) is 39.4 Å². The number of aromatic nitrogens is 3. The summed E-state index contributed by atoms with van der Waals surface area (Å²) in [5.74, 6) is 0.776. The number of hydrogen-bond acceptors (Lipinski definition) is 10. The number of carboxylic acid groups (broad SMARTS) is 1. The molecule has 2 aliphatic rings. The zero-order chi connectivity index (χ0) is 26.2. The van der Waals surface area contributed by atoms with Crippen LogP contribution in [0.5, 0.6) is 0 Å². The van der Waals surface area contributed by atoms with Crippen LogP contribution in [0.3, 0.4) is 0 Å². The molecule has 0 radical (unpaired) electrons. The number of benzene rings is 1. The van der Waals surface area contributed by atoms with Crippen LogP contribution in [-0.4, -0.2) is 68.5 Å². The van der Waals surface area contributed by atoms with E-state index in [1.807, 2.05) is 30.3 Å². The summed E-state index contributed by atoms with van der Waals surface area (Å²) in [6.45, 7) is 4.24. The number of thiazole rings is 1. The molecular weight excluding hydrogens is 560 g/mol. The van der Waals surface area contributed by atoms with Gasteiger partial charge in [0.25, 0.3) is 0 Å². The molecule has 0 saturated carbocycles. The lowest BCUT2D eigenvalue weighted by Gasteiger charge is -2.39. The number of anilines is 4. The molecule has 1 aromatic carbocycles. The number of carboxylic acids is 1. The van der Waals surface area contributed by atoms with E-state index in [4.69, 9.17) is 9.97 Å². The number of aliphatic hydroxyl groups excluding tert-OH is 1. The topological polar surface area (TPSA) is 135 Å². The van der Waals surface area contributed by atoms with E-state index in [1.54, 1.807) is 6.92 Å². The molecule has 4 N–H and O–H groups in total. The molecule has 0 atom stereocenters. The molecule has 3 aromatic rings. The summed E-state index contributed by atoms with van der Waals surface area (Å²) in [4.78, 5) is 29.7. The van der Waals surface area contributed by atoms with Crippen LogP contribution in [-0.2, 0) is 5.60 Å². The van der Waals surface area contributed by atoms with Gasteiger partial charge in [-0.15, -0.1) is 0 Å². The molecule has 0 spiro atoms. The number of nitrogens with zero attached hydrogens (tertiary/aromatic N) is 5. The molecule has 0 amide bonds. The molecular formula is C25H29BrN6O4S. The number of hydrogen-bond donors (Lipinski definition) is 4. The molecule has 2 aromatic heterocycles. The number of piperidine rings is 2. The van der Waals surface area contributed by atoms with Gasteiger partial charge in [-0.25, -0.2) is 9.78 Å². The maximum absolute atomic E-state index is 11.5. The summed E-state index contributed by atoms with van der Waals surface area (Å²) in [5.41, 5.74) is 0.439. The maximum Gasteiger partial charge on any atom is 0.347 e. The summed E-state index contributed by atoms with van der Waals surface area (Å²) in [6, 6.07) is 9.75. The van der Waals surface area contributed by atoms with E-state index in [1.165, 1.54) is 0 Å². The quantitative estimate of drug-likeness (QED) is 0.335. The first-order chi connectivity index (χ1) is 17.7. The molecule has 2 fully saturated rings. The number of halogens is 1. The van der Waals surface area contributed by atoms with Crippen LogP contribution >= 0.6 is 27.3 Å². The highest BCUT2D eigenvalue weighted by atomic mass is 79.9. The second-order valence-corrected chi connectivity index (χ2v) is 11.4. The largest absolute Gasteiger partial charge is 0.477 e. The minimum atomic E-state index is -1.02. The first kappa shape index (κ1) is 25.8. The number of carbonyl (C=O) groups is 1. The number of aryl methyl sites for hydroxylation is 1. The van der Waals surface area contributed by atoms with Crippen LogP contribution in [0.2, 0.25) is 0 Å². The average Bonchev–Trinajstić information content (AvgIpc) is 3.25. The van der Waals surface area contributed by atoms with Crippen molar-refractivity contribution in [2.75, 3.05) is 41.3 Å². The number of rotatable bonds is 6. The van der Waals surface area contributed by atoms with Crippen molar-refractivity contribution in [1.82, 2.24) is 15.0 Å². The van der Waals surface area contributed by atoms with Gasteiger partial charge in [0, 0.05) is 36.7 Å². The van der Waals surface area contributed by atoms with Crippen molar-refractivity contribution < 1.29 is 20.1 Å². The molecule has 10 nitrogen and oxygen atoms in total. The fourth-order valence-corrected chi connectivity index (χ4v) is 5.86. The number of nitrogens with one attached hydrogen (secondary N) is 1.